The summed E-state index contributed by atoms with van der Waals surface area (Å²) < 4.78 is 2.12. The van der Waals surface area contributed by atoms with Gasteiger partial charge in [-0.05, 0) is 31.2 Å². The highest BCUT2D eigenvalue weighted by atomic mass is 16.2. The van der Waals surface area contributed by atoms with E-state index in [0.717, 1.165) is 18.7 Å². The van der Waals surface area contributed by atoms with Crippen LogP contribution in [0.2, 0.25) is 0 Å². The summed E-state index contributed by atoms with van der Waals surface area (Å²) in [5.74, 6) is 2.13. The minimum absolute atomic E-state index is 0.0229. The molecule has 0 saturated carbocycles. The van der Waals surface area contributed by atoms with Gasteiger partial charge in [-0.15, -0.1) is 0 Å². The molecule has 1 saturated heterocycles. The Morgan fingerprint density at radius 2 is 1.97 bits per heavy atom. The fourth-order valence-electron chi connectivity index (χ4n) is 3.49. The van der Waals surface area contributed by atoms with Crippen molar-refractivity contribution < 1.29 is 4.79 Å². The summed E-state index contributed by atoms with van der Waals surface area (Å²) in [6.07, 6.45) is 6.76. The lowest BCUT2D eigenvalue weighted by Gasteiger charge is -2.25. The fourth-order valence-corrected chi connectivity index (χ4v) is 3.49. The van der Waals surface area contributed by atoms with E-state index in [1.807, 2.05) is 20.3 Å². The fraction of sp³-hybridized carbons (Fsp3) is 0.619. The van der Waals surface area contributed by atoms with Crippen LogP contribution in [0.25, 0.3) is 0 Å². The second-order valence-electron chi connectivity index (χ2n) is 8.67. The molecule has 1 fully saturated rings. The Morgan fingerprint density at radius 1 is 1.21 bits per heavy atom. The van der Waals surface area contributed by atoms with Crippen molar-refractivity contribution in [3.8, 4) is 0 Å². The first-order chi connectivity index (χ1) is 13.8. The molecule has 0 radical (unpaired) electrons. The predicted octanol–water partition coefficient (Wildman–Crippen LogP) is 3.79. The highest BCUT2D eigenvalue weighted by Gasteiger charge is 2.38. The Bertz CT molecular complexity index is 832. The van der Waals surface area contributed by atoms with Crippen LogP contribution in [0.5, 0.6) is 0 Å². The number of aromatic nitrogens is 4. The van der Waals surface area contributed by atoms with E-state index >= 15 is 0 Å². The second kappa shape index (κ2) is 8.80. The molecule has 2 aromatic heterocycles. The van der Waals surface area contributed by atoms with Gasteiger partial charge in [-0.1, -0.05) is 27.7 Å². The van der Waals surface area contributed by atoms with Crippen molar-refractivity contribution in [1.29, 1.82) is 0 Å². The van der Waals surface area contributed by atoms with Gasteiger partial charge in [0.1, 0.15) is 5.82 Å². The lowest BCUT2D eigenvalue weighted by Crippen LogP contribution is -2.38. The minimum atomic E-state index is -0.0385. The Balaban J connectivity index is 1.72. The first-order valence-electron chi connectivity index (χ1n) is 10.4. The third kappa shape index (κ3) is 4.86. The molecule has 3 heterocycles. The van der Waals surface area contributed by atoms with Crippen LogP contribution >= 0.6 is 0 Å². The molecule has 1 aliphatic heterocycles. The molecule has 0 aromatic carbocycles. The number of nitrogens with one attached hydrogen (secondary N) is 1. The molecule has 0 spiro atoms. The molecule has 8 heteroatoms. The number of carbonyl (C=O) groups is 1. The maximum absolute atomic E-state index is 12.6. The lowest BCUT2D eigenvalue weighted by molar-refractivity contribution is 0.229. The number of aryl methyl sites for hydroxylation is 1. The van der Waals surface area contributed by atoms with Gasteiger partial charge in [-0.3, -0.25) is 4.90 Å². The van der Waals surface area contributed by atoms with Gasteiger partial charge in [0.05, 0.1) is 24.1 Å². The average molecular weight is 400 g/mol. The van der Waals surface area contributed by atoms with Gasteiger partial charge in [0.25, 0.3) is 0 Å². The topological polar surface area (TPSA) is 79.2 Å². The van der Waals surface area contributed by atoms with Crippen molar-refractivity contribution in [3.63, 3.8) is 0 Å². The second-order valence-corrected chi connectivity index (χ2v) is 8.67. The molecule has 158 valence electrons. The summed E-state index contributed by atoms with van der Waals surface area (Å²) in [4.78, 5) is 29.7. The summed E-state index contributed by atoms with van der Waals surface area (Å²) in [7, 11) is 1.83. The summed E-state index contributed by atoms with van der Waals surface area (Å²) in [6.45, 7) is 12.4. The number of carbonyl (C=O) groups excluding carboxylic acids is 1. The van der Waals surface area contributed by atoms with Crippen molar-refractivity contribution >= 4 is 17.8 Å². The molecule has 2 atom stereocenters. The molecule has 3 rings (SSSR count). The van der Waals surface area contributed by atoms with Crippen molar-refractivity contribution in [1.82, 2.24) is 24.4 Å². The van der Waals surface area contributed by atoms with Gasteiger partial charge < -0.3 is 14.8 Å². The van der Waals surface area contributed by atoms with Crippen LogP contribution in [0.3, 0.4) is 0 Å². The third-order valence-corrected chi connectivity index (χ3v) is 5.39. The molecule has 0 unspecified atom stereocenters. The standard InChI is InChI=1S/C21H33N7O/c1-14(2)8-10-27-11-17(23-13-27)16(5)24-20-22-9-7-19(25-20)28-18(15(3)4)12-26(6)21(28)29/h7,9,11,13-16,18H,8,10,12H2,1-6H3,(H,22,24,25)/t16-,18+/m0/s1. The zero-order valence-electron chi connectivity index (χ0n) is 18.3. The van der Waals surface area contributed by atoms with E-state index in [-0.39, 0.29) is 18.1 Å². The van der Waals surface area contributed by atoms with Crippen LogP contribution in [0, 0.1) is 11.8 Å². The maximum Gasteiger partial charge on any atom is 0.325 e. The first kappa shape index (κ1) is 21.1. The Hall–Kier alpha value is -2.64. The van der Waals surface area contributed by atoms with Gasteiger partial charge in [-0.25, -0.2) is 14.8 Å². The van der Waals surface area contributed by atoms with E-state index in [0.29, 0.717) is 30.1 Å². The van der Waals surface area contributed by atoms with E-state index in [9.17, 15) is 4.79 Å². The lowest BCUT2D eigenvalue weighted by atomic mass is 10.0. The van der Waals surface area contributed by atoms with Gasteiger partial charge in [0.2, 0.25) is 5.95 Å². The van der Waals surface area contributed by atoms with Crippen molar-refractivity contribution in [2.24, 2.45) is 11.8 Å². The monoisotopic (exact) mass is 399 g/mol. The van der Waals surface area contributed by atoms with Crippen LogP contribution in [0.4, 0.5) is 16.6 Å². The predicted molar refractivity (Wildman–Crippen MR) is 115 cm³/mol. The van der Waals surface area contributed by atoms with Crippen LogP contribution in [-0.2, 0) is 6.54 Å². The van der Waals surface area contributed by atoms with Crippen LogP contribution in [-0.4, -0.2) is 50.1 Å². The SMILES string of the molecule is CC(C)CCn1cnc([C@H](C)Nc2nccc(N3C(=O)N(C)C[C@@H]3C(C)C)n2)c1. The summed E-state index contributed by atoms with van der Waals surface area (Å²) in [5.41, 5.74) is 0.944. The highest BCUT2D eigenvalue weighted by molar-refractivity contribution is 5.94. The van der Waals surface area contributed by atoms with Crippen molar-refractivity contribution in [2.75, 3.05) is 23.8 Å². The average Bonchev–Trinajstić information content (AvgIpc) is 3.25. The largest absolute Gasteiger partial charge is 0.346 e. The minimum Gasteiger partial charge on any atom is -0.346 e. The van der Waals surface area contributed by atoms with Gasteiger partial charge in [-0.2, -0.15) is 4.98 Å². The number of rotatable bonds is 8. The van der Waals surface area contributed by atoms with E-state index in [4.69, 9.17) is 0 Å². The summed E-state index contributed by atoms with van der Waals surface area (Å²) in [6, 6.07) is 1.83. The highest BCUT2D eigenvalue weighted by Crippen LogP contribution is 2.27. The maximum atomic E-state index is 12.6. The van der Waals surface area contributed by atoms with E-state index in [1.165, 1.54) is 0 Å². The number of anilines is 2. The van der Waals surface area contributed by atoms with Crippen molar-refractivity contribution in [2.45, 2.75) is 59.7 Å². The van der Waals surface area contributed by atoms with Gasteiger partial charge >= 0.3 is 6.03 Å². The number of likely N-dealkylation sites (N-methyl/N-ethyl adjacent to an activating group) is 1. The number of nitrogens with zero attached hydrogens (tertiary/aromatic N) is 6. The van der Waals surface area contributed by atoms with Crippen LogP contribution in [0.15, 0.2) is 24.8 Å². The van der Waals surface area contributed by atoms with E-state index in [2.05, 4.69) is 58.7 Å². The molecule has 0 aliphatic carbocycles. The molecular weight excluding hydrogens is 366 g/mol. The van der Waals surface area contributed by atoms with Crippen LogP contribution < -0.4 is 10.2 Å². The zero-order chi connectivity index (χ0) is 21.1. The molecular formula is C21H33N7O. The zero-order valence-corrected chi connectivity index (χ0v) is 18.3. The van der Waals surface area contributed by atoms with Crippen molar-refractivity contribution in [3.05, 3.63) is 30.5 Å². The van der Waals surface area contributed by atoms with Gasteiger partial charge in [0.15, 0.2) is 0 Å². The molecule has 2 amide bonds. The van der Waals surface area contributed by atoms with E-state index in [1.54, 1.807) is 22.1 Å². The molecule has 1 N–H and O–H groups in total. The Kier molecular flexibility index (Phi) is 6.39. The number of imidazole rings is 1. The summed E-state index contributed by atoms with van der Waals surface area (Å²) in [5, 5.41) is 3.32. The number of amides is 2. The number of urea groups is 1. The molecule has 0 bridgehead atoms. The first-order valence-corrected chi connectivity index (χ1v) is 10.4. The quantitative estimate of drug-likeness (QED) is 0.731. The molecule has 8 nitrogen and oxygen atoms in total. The number of hydrogen-bond donors (Lipinski definition) is 1. The third-order valence-electron chi connectivity index (χ3n) is 5.39. The normalized spacial score (nSPS) is 18.2. The smallest absolute Gasteiger partial charge is 0.325 e. The number of hydrogen-bond acceptors (Lipinski definition) is 5. The van der Waals surface area contributed by atoms with E-state index < -0.39 is 0 Å². The molecule has 1 aliphatic rings. The molecule has 2 aromatic rings. The molecule has 29 heavy (non-hydrogen) atoms. The van der Waals surface area contributed by atoms with Crippen LogP contribution in [0.1, 0.15) is 52.8 Å². The van der Waals surface area contributed by atoms with Gasteiger partial charge in [0, 0.05) is 32.5 Å². The Morgan fingerprint density at radius 3 is 2.66 bits per heavy atom. The summed E-state index contributed by atoms with van der Waals surface area (Å²) >= 11 is 0. The Labute approximate surface area is 173 Å².